The lowest BCUT2D eigenvalue weighted by molar-refractivity contribution is -0.113. The number of amides is 1. The molecule has 0 saturated heterocycles. The highest BCUT2D eigenvalue weighted by Crippen LogP contribution is 2.44. The molecule has 0 bridgehead atoms. The minimum absolute atomic E-state index is 0.0277. The van der Waals surface area contributed by atoms with E-state index in [-0.39, 0.29) is 11.2 Å². The summed E-state index contributed by atoms with van der Waals surface area (Å²) in [7, 11) is 1.90. The topological polar surface area (TPSA) is 90.5 Å². The number of carbonyl (C=O) groups is 1. The maximum atomic E-state index is 12.3. The summed E-state index contributed by atoms with van der Waals surface area (Å²) < 4.78 is 3.40. The van der Waals surface area contributed by atoms with Crippen LogP contribution in [0.1, 0.15) is 27.8 Å². The zero-order valence-electron chi connectivity index (χ0n) is 14.1. The number of aryl methyl sites for hydroxylation is 3. The van der Waals surface area contributed by atoms with Crippen molar-refractivity contribution in [3.8, 4) is 5.95 Å². The second-order valence-corrected chi connectivity index (χ2v) is 6.98. The van der Waals surface area contributed by atoms with E-state index in [4.69, 9.17) is 0 Å². The molecule has 0 aliphatic carbocycles. The number of carbonyl (C=O) groups excluding carboxylic acids is 1. The number of anilines is 1. The quantitative estimate of drug-likeness (QED) is 0.754. The first-order valence-corrected chi connectivity index (χ1v) is 8.88. The van der Waals surface area contributed by atoms with E-state index in [1.54, 1.807) is 39.6 Å². The molecule has 0 spiro atoms. The van der Waals surface area contributed by atoms with Gasteiger partial charge in [0.25, 0.3) is 5.95 Å². The largest absolute Gasteiger partial charge is 0.309 e. The van der Waals surface area contributed by atoms with E-state index < -0.39 is 0 Å². The van der Waals surface area contributed by atoms with Crippen molar-refractivity contribution in [3.05, 3.63) is 47.2 Å². The summed E-state index contributed by atoms with van der Waals surface area (Å²) >= 11 is 1.58. The van der Waals surface area contributed by atoms with Crippen LogP contribution in [0.25, 0.3) is 5.95 Å². The van der Waals surface area contributed by atoms with Gasteiger partial charge in [0.1, 0.15) is 5.82 Å². The predicted octanol–water partition coefficient (Wildman–Crippen LogP) is 1.79. The fraction of sp³-hybridized carbons (Fsp3) is 0.312. The summed E-state index contributed by atoms with van der Waals surface area (Å²) in [5, 5.41) is 12.0. The van der Waals surface area contributed by atoms with E-state index >= 15 is 0 Å². The van der Waals surface area contributed by atoms with Crippen LogP contribution >= 0.6 is 11.8 Å². The molecule has 1 N–H and O–H groups in total. The molecule has 0 unspecified atom stereocenters. The van der Waals surface area contributed by atoms with Crippen LogP contribution in [0.3, 0.4) is 0 Å². The Morgan fingerprint density at radius 3 is 2.64 bits per heavy atom. The smallest absolute Gasteiger partial charge is 0.252 e. The molecule has 1 aliphatic rings. The molecule has 0 saturated carbocycles. The third-order valence-corrected chi connectivity index (χ3v) is 5.34. The first-order valence-electron chi connectivity index (χ1n) is 7.83. The predicted molar refractivity (Wildman–Crippen MR) is 94.8 cm³/mol. The number of thioether (sulfide) groups is 1. The lowest BCUT2D eigenvalue weighted by atomic mass is 10.1. The average Bonchev–Trinajstić information content (AvgIpc) is 3.02. The van der Waals surface area contributed by atoms with Crippen LogP contribution < -0.4 is 5.32 Å². The van der Waals surface area contributed by atoms with Gasteiger partial charge >= 0.3 is 0 Å². The molecule has 4 heterocycles. The van der Waals surface area contributed by atoms with Crippen molar-refractivity contribution in [1.29, 1.82) is 0 Å². The molecule has 128 valence electrons. The van der Waals surface area contributed by atoms with Crippen molar-refractivity contribution < 1.29 is 4.79 Å². The summed E-state index contributed by atoms with van der Waals surface area (Å²) in [6.45, 7) is 3.92. The Morgan fingerprint density at radius 2 is 1.96 bits per heavy atom. The number of hydrogen-bond donors (Lipinski definition) is 1. The highest BCUT2D eigenvalue weighted by molar-refractivity contribution is 8.00. The second kappa shape index (κ2) is 5.99. The molecule has 8 nitrogen and oxygen atoms in total. The minimum atomic E-state index is -0.0626. The van der Waals surface area contributed by atoms with E-state index in [0.717, 1.165) is 22.5 Å². The number of fused-ring (bicyclic) bond motifs is 1. The first-order chi connectivity index (χ1) is 12.0. The van der Waals surface area contributed by atoms with Gasteiger partial charge < -0.3 is 5.32 Å². The van der Waals surface area contributed by atoms with Crippen molar-refractivity contribution in [2.24, 2.45) is 7.05 Å². The fourth-order valence-corrected chi connectivity index (χ4v) is 4.30. The van der Waals surface area contributed by atoms with Crippen molar-refractivity contribution in [2.45, 2.75) is 19.1 Å². The van der Waals surface area contributed by atoms with Crippen molar-refractivity contribution in [1.82, 2.24) is 29.5 Å². The maximum Gasteiger partial charge on any atom is 0.252 e. The molecule has 0 fully saturated rings. The molecule has 1 aliphatic heterocycles. The Bertz CT molecular complexity index is 947. The van der Waals surface area contributed by atoms with Crippen molar-refractivity contribution >= 4 is 23.5 Å². The van der Waals surface area contributed by atoms with Gasteiger partial charge in [-0.2, -0.15) is 14.9 Å². The van der Waals surface area contributed by atoms with E-state index in [0.29, 0.717) is 17.5 Å². The third-order valence-electron chi connectivity index (χ3n) is 4.08. The Kier molecular flexibility index (Phi) is 3.79. The molecule has 9 heteroatoms. The van der Waals surface area contributed by atoms with E-state index in [9.17, 15) is 4.79 Å². The molecule has 4 rings (SSSR count). The Balaban J connectivity index is 1.92. The van der Waals surface area contributed by atoms with Crippen molar-refractivity contribution in [3.63, 3.8) is 0 Å². The van der Waals surface area contributed by atoms with Gasteiger partial charge in [-0.25, -0.2) is 9.97 Å². The molecule has 3 aromatic heterocycles. The monoisotopic (exact) mass is 355 g/mol. The number of nitrogens with zero attached hydrogens (tertiary/aromatic N) is 6. The normalized spacial score (nSPS) is 17.1. The highest BCUT2D eigenvalue weighted by Gasteiger charge is 2.32. The van der Waals surface area contributed by atoms with Crippen molar-refractivity contribution in [2.75, 3.05) is 11.1 Å². The summed E-state index contributed by atoms with van der Waals surface area (Å²) in [6, 6.07) is 1.74. The van der Waals surface area contributed by atoms with Gasteiger partial charge in [-0.1, -0.05) is 0 Å². The van der Waals surface area contributed by atoms with Crippen LogP contribution in [-0.4, -0.2) is 41.2 Å². The fourth-order valence-electron chi connectivity index (χ4n) is 3.05. The van der Waals surface area contributed by atoms with Crippen LogP contribution in [0.15, 0.2) is 24.7 Å². The third kappa shape index (κ3) is 2.70. The number of hydrogen-bond acceptors (Lipinski definition) is 6. The molecular weight excluding hydrogens is 338 g/mol. The Labute approximate surface area is 148 Å². The SMILES string of the molecule is Cc1nn(C)cc1[C@H]1SCC(=O)Nc2c1c(C)nn2-c1ncccn1. The molecule has 1 atom stereocenters. The number of rotatable bonds is 2. The Hall–Kier alpha value is -2.68. The summed E-state index contributed by atoms with van der Waals surface area (Å²) in [5.41, 5.74) is 3.84. The van der Waals surface area contributed by atoms with Crippen LogP contribution in [0.2, 0.25) is 0 Å². The van der Waals surface area contributed by atoms with Crippen LogP contribution in [0.4, 0.5) is 5.82 Å². The Morgan fingerprint density at radius 1 is 1.20 bits per heavy atom. The summed E-state index contributed by atoms with van der Waals surface area (Å²) in [4.78, 5) is 20.8. The van der Waals surface area contributed by atoms with Gasteiger partial charge in [0.15, 0.2) is 0 Å². The maximum absolute atomic E-state index is 12.3. The van der Waals surface area contributed by atoms with Gasteiger partial charge in [-0.15, -0.1) is 11.8 Å². The lowest BCUT2D eigenvalue weighted by Gasteiger charge is -2.14. The van der Waals surface area contributed by atoms with E-state index in [1.807, 2.05) is 27.1 Å². The highest BCUT2D eigenvalue weighted by atomic mass is 32.2. The van der Waals surface area contributed by atoms with Crippen LogP contribution in [-0.2, 0) is 11.8 Å². The molecule has 0 aromatic carbocycles. The number of aromatic nitrogens is 6. The van der Waals surface area contributed by atoms with Gasteiger partial charge in [0.2, 0.25) is 5.91 Å². The van der Waals surface area contributed by atoms with Gasteiger partial charge in [0.05, 0.1) is 22.4 Å². The van der Waals surface area contributed by atoms with Gasteiger partial charge in [-0.3, -0.25) is 9.48 Å². The van der Waals surface area contributed by atoms with Gasteiger partial charge in [-0.05, 0) is 19.9 Å². The van der Waals surface area contributed by atoms with E-state index in [1.165, 1.54) is 0 Å². The second-order valence-electron chi connectivity index (χ2n) is 5.89. The molecule has 25 heavy (non-hydrogen) atoms. The standard InChI is InChI=1S/C16H17N7OS/c1-9-11(7-22(3)20-9)14-13-10(2)21-23(16-17-5-4-6-18-16)15(13)19-12(24)8-25-14/h4-7,14H,8H2,1-3H3,(H,19,24)/t14-/m1/s1. The zero-order valence-corrected chi connectivity index (χ0v) is 14.9. The molecule has 1 amide bonds. The van der Waals surface area contributed by atoms with E-state index in [2.05, 4.69) is 25.5 Å². The summed E-state index contributed by atoms with van der Waals surface area (Å²) in [5.74, 6) is 1.36. The summed E-state index contributed by atoms with van der Waals surface area (Å²) in [6.07, 6.45) is 5.31. The number of nitrogens with one attached hydrogen (secondary N) is 1. The minimum Gasteiger partial charge on any atom is -0.309 e. The molecule has 3 aromatic rings. The van der Waals surface area contributed by atoms with Crippen LogP contribution in [0, 0.1) is 13.8 Å². The zero-order chi connectivity index (χ0) is 17.6. The molecule has 0 radical (unpaired) electrons. The lowest BCUT2D eigenvalue weighted by Crippen LogP contribution is -2.16. The first kappa shape index (κ1) is 15.8. The average molecular weight is 355 g/mol. The van der Waals surface area contributed by atoms with Crippen LogP contribution in [0.5, 0.6) is 0 Å². The molecular formula is C16H17N7OS. The van der Waals surface area contributed by atoms with Gasteiger partial charge in [0, 0.05) is 36.8 Å².